The van der Waals surface area contributed by atoms with Crippen LogP contribution in [-0.2, 0) is 4.79 Å². The Morgan fingerprint density at radius 2 is 1.77 bits per heavy atom. The summed E-state index contributed by atoms with van der Waals surface area (Å²) in [5.74, 6) is 0.317. The number of carbonyl (C=O) groups is 1. The van der Waals surface area contributed by atoms with Gasteiger partial charge in [0.05, 0.1) is 6.33 Å². The number of rotatable bonds is 3. The fraction of sp³-hybridized carbons (Fsp3) is 0.538. The second kappa shape index (κ2) is 5.43. The summed E-state index contributed by atoms with van der Waals surface area (Å²) >= 11 is 6.29. The number of carbonyl (C=O) groups excluding carboxylic acids is 1. The van der Waals surface area contributed by atoms with Crippen LogP contribution < -0.4 is 4.57 Å². The van der Waals surface area contributed by atoms with Crippen molar-refractivity contribution in [3.8, 4) is 0 Å². The molecule has 0 spiro atoms. The second-order valence-electron chi connectivity index (χ2n) is 7.30. The quantitative estimate of drug-likeness (QED) is 0.625. The molecule has 22 heavy (non-hydrogen) atoms. The molecule has 2 aromatic heterocycles. The minimum Gasteiger partial charge on any atom is -0.344 e. The molecule has 0 N–H and O–H groups in total. The van der Waals surface area contributed by atoms with Gasteiger partial charge in [0.15, 0.2) is 27.3 Å². The Morgan fingerprint density at radius 3 is 2.23 bits per heavy atom. The molecule has 0 fully saturated rings. The smallest absolute Gasteiger partial charge is 0.227 e. The first kappa shape index (κ1) is 17.1. The van der Waals surface area contributed by atoms with Gasteiger partial charge in [-0.1, -0.05) is 50.9 Å². The molecular weight excluding hydrogens is 334 g/mol. The summed E-state index contributed by atoms with van der Waals surface area (Å²) in [5.41, 5.74) is 1.30. The molecule has 6 nitrogen and oxygen atoms in total. The van der Waals surface area contributed by atoms with E-state index in [2.05, 4.69) is 58.5 Å². The first-order valence-electron chi connectivity index (χ1n) is 7.15. The van der Waals surface area contributed by atoms with Gasteiger partial charge in [-0.3, -0.25) is 4.79 Å². The zero-order chi connectivity index (χ0) is 16.9. The Balaban J connectivity index is 2.74. The van der Waals surface area contributed by atoms with E-state index in [0.29, 0.717) is 22.3 Å². The summed E-state index contributed by atoms with van der Waals surface area (Å²) in [6.07, 6.45) is 1.77. The van der Waals surface area contributed by atoms with Crippen molar-refractivity contribution in [2.45, 2.75) is 46.2 Å². The number of fused-ring (bicyclic) bond motifs is 1. The third kappa shape index (κ3) is 3.08. The Hall–Kier alpha value is -1.26. The second-order valence-corrected chi connectivity index (χ2v) is 17.3. The third-order valence-corrected chi connectivity index (χ3v) is 7.14. The molecule has 0 aromatic carbocycles. The number of aromatic nitrogens is 4. The van der Waals surface area contributed by atoms with Crippen LogP contribution in [0, 0.1) is 0 Å². The van der Waals surface area contributed by atoms with Crippen LogP contribution in [0.3, 0.4) is 0 Å². The van der Waals surface area contributed by atoms with Crippen LogP contribution in [0.1, 0.15) is 6.92 Å². The standard InChI is InChI=1S/C13H22ClN5OSi2/c1-9(20)19(22(5,6)7)13-16-11(14)10-12(17-13)18(8-15-10)21(2,3)4/h8H,1-7H3. The van der Waals surface area contributed by atoms with Crippen molar-refractivity contribution in [1.82, 2.24) is 19.2 Å². The minimum absolute atomic E-state index is 0.0614. The molecule has 0 unspecified atom stereocenters. The largest absolute Gasteiger partial charge is 0.344 e. The predicted octanol–water partition coefficient (Wildman–Crippen LogP) is 3.35. The summed E-state index contributed by atoms with van der Waals surface area (Å²) in [6.45, 7) is 14.4. The number of hydrogen-bond acceptors (Lipinski definition) is 4. The lowest BCUT2D eigenvalue weighted by molar-refractivity contribution is -0.115. The predicted molar refractivity (Wildman–Crippen MR) is 95.6 cm³/mol. The van der Waals surface area contributed by atoms with Crippen molar-refractivity contribution in [2.75, 3.05) is 4.57 Å². The normalized spacial score (nSPS) is 12.7. The molecular formula is C13H22ClN5OSi2. The van der Waals surface area contributed by atoms with Gasteiger partial charge in [0.2, 0.25) is 11.9 Å². The summed E-state index contributed by atoms with van der Waals surface area (Å²) in [7, 11) is -3.65. The maximum atomic E-state index is 12.1. The van der Waals surface area contributed by atoms with E-state index in [0.717, 1.165) is 0 Å². The Labute approximate surface area is 137 Å². The Kier molecular flexibility index (Phi) is 4.22. The van der Waals surface area contributed by atoms with Gasteiger partial charge in [-0.25, -0.2) is 4.98 Å². The molecule has 2 rings (SSSR count). The van der Waals surface area contributed by atoms with Crippen LogP contribution in [0.15, 0.2) is 6.33 Å². The molecule has 0 saturated carbocycles. The lowest BCUT2D eigenvalue weighted by Crippen LogP contribution is -2.50. The highest BCUT2D eigenvalue weighted by Crippen LogP contribution is 2.26. The highest BCUT2D eigenvalue weighted by molar-refractivity contribution is 6.82. The molecule has 1 amide bonds. The van der Waals surface area contributed by atoms with Crippen molar-refractivity contribution in [3.63, 3.8) is 0 Å². The number of halogens is 1. The Morgan fingerprint density at radius 1 is 1.18 bits per heavy atom. The van der Waals surface area contributed by atoms with E-state index in [-0.39, 0.29) is 5.91 Å². The van der Waals surface area contributed by atoms with E-state index in [1.807, 2.05) is 0 Å². The van der Waals surface area contributed by atoms with Gasteiger partial charge in [-0.2, -0.15) is 9.97 Å². The number of amides is 1. The number of nitrogens with zero attached hydrogens (tertiary/aromatic N) is 5. The van der Waals surface area contributed by atoms with E-state index in [1.165, 1.54) is 6.92 Å². The number of imidazole rings is 1. The average Bonchev–Trinajstić information content (AvgIpc) is 2.69. The molecule has 2 aromatic rings. The molecule has 0 atom stereocenters. The van der Waals surface area contributed by atoms with Crippen LogP contribution in [0.4, 0.5) is 5.95 Å². The van der Waals surface area contributed by atoms with Crippen LogP contribution in [0.5, 0.6) is 0 Å². The lowest BCUT2D eigenvalue weighted by atomic mass is 10.5. The minimum atomic E-state index is -1.96. The molecule has 0 bridgehead atoms. The average molecular weight is 356 g/mol. The van der Waals surface area contributed by atoms with Gasteiger partial charge in [0.25, 0.3) is 0 Å². The van der Waals surface area contributed by atoms with Crippen LogP contribution in [0.2, 0.25) is 44.4 Å². The molecule has 0 aliphatic carbocycles. The molecule has 2 heterocycles. The summed E-state index contributed by atoms with van der Waals surface area (Å²) < 4.78 is 3.78. The first-order valence-corrected chi connectivity index (χ1v) is 14.4. The van der Waals surface area contributed by atoms with Crippen molar-refractivity contribution in [3.05, 3.63) is 11.5 Å². The fourth-order valence-corrected chi connectivity index (χ4v) is 5.41. The Bertz CT molecular complexity index is 732. The van der Waals surface area contributed by atoms with Gasteiger partial charge in [-0.05, 0) is 0 Å². The van der Waals surface area contributed by atoms with Gasteiger partial charge in [-0.15, -0.1) is 0 Å². The molecule has 9 heteroatoms. The topological polar surface area (TPSA) is 63.9 Å². The monoisotopic (exact) mass is 355 g/mol. The highest BCUT2D eigenvalue weighted by Gasteiger charge is 2.31. The van der Waals surface area contributed by atoms with E-state index >= 15 is 0 Å². The van der Waals surface area contributed by atoms with E-state index in [1.54, 1.807) is 10.9 Å². The zero-order valence-electron chi connectivity index (χ0n) is 14.1. The first-order chi connectivity index (χ1) is 9.93. The van der Waals surface area contributed by atoms with Crippen molar-refractivity contribution in [2.24, 2.45) is 0 Å². The summed E-state index contributed by atoms with van der Waals surface area (Å²) in [4.78, 5) is 25.4. The van der Waals surface area contributed by atoms with Gasteiger partial charge < -0.3 is 8.80 Å². The SMILES string of the molecule is CC(=O)N(c1nc(Cl)c2ncn([Si](C)(C)C)c2n1)[Si](C)(C)C. The van der Waals surface area contributed by atoms with Crippen LogP contribution in [0.25, 0.3) is 11.2 Å². The number of anilines is 1. The zero-order valence-corrected chi connectivity index (χ0v) is 16.9. The van der Waals surface area contributed by atoms with Gasteiger partial charge >= 0.3 is 0 Å². The lowest BCUT2D eigenvalue weighted by Gasteiger charge is -2.31. The fourth-order valence-electron chi connectivity index (χ4n) is 2.36. The van der Waals surface area contributed by atoms with Crippen LogP contribution in [-0.4, -0.2) is 41.6 Å². The molecule has 0 saturated heterocycles. The van der Waals surface area contributed by atoms with Crippen LogP contribution >= 0.6 is 11.6 Å². The number of hydrogen-bond donors (Lipinski definition) is 0. The van der Waals surface area contributed by atoms with Gasteiger partial charge in [0, 0.05) is 6.92 Å². The summed E-state index contributed by atoms with van der Waals surface area (Å²) in [5, 5.41) is 0.293. The summed E-state index contributed by atoms with van der Waals surface area (Å²) in [6, 6.07) is 0. The van der Waals surface area contributed by atoms with Gasteiger partial charge in [0.1, 0.15) is 5.52 Å². The van der Waals surface area contributed by atoms with E-state index in [4.69, 9.17) is 11.6 Å². The molecule has 0 radical (unpaired) electrons. The maximum Gasteiger partial charge on any atom is 0.227 e. The van der Waals surface area contributed by atoms with Crippen molar-refractivity contribution < 1.29 is 4.79 Å². The highest BCUT2D eigenvalue weighted by atomic mass is 35.5. The molecule has 120 valence electrons. The third-order valence-electron chi connectivity index (χ3n) is 3.25. The molecule has 0 aliphatic rings. The van der Waals surface area contributed by atoms with Crippen molar-refractivity contribution >= 4 is 51.1 Å². The van der Waals surface area contributed by atoms with E-state index < -0.39 is 16.5 Å². The van der Waals surface area contributed by atoms with E-state index in [9.17, 15) is 4.79 Å². The maximum absolute atomic E-state index is 12.1. The molecule has 0 aliphatic heterocycles. The van der Waals surface area contributed by atoms with Crippen molar-refractivity contribution in [1.29, 1.82) is 0 Å².